The summed E-state index contributed by atoms with van der Waals surface area (Å²) in [4.78, 5) is 17.1. The number of amides is 1. The highest BCUT2D eigenvalue weighted by Crippen LogP contribution is 2.32. The van der Waals surface area contributed by atoms with E-state index in [0.29, 0.717) is 44.8 Å². The van der Waals surface area contributed by atoms with Gasteiger partial charge in [-0.15, -0.1) is 0 Å². The summed E-state index contributed by atoms with van der Waals surface area (Å²) in [5.41, 5.74) is 2.99. The first kappa shape index (κ1) is 18.8. The van der Waals surface area contributed by atoms with Gasteiger partial charge in [0.25, 0.3) is 5.91 Å². The third-order valence-corrected chi connectivity index (χ3v) is 4.69. The number of carbonyl (C=O) groups excluding carboxylic acids is 1. The number of halogens is 1. The molecule has 6 nitrogen and oxygen atoms in total. The van der Waals surface area contributed by atoms with Crippen LogP contribution in [0.5, 0.6) is 11.5 Å². The Hall–Kier alpha value is -3.51. The van der Waals surface area contributed by atoms with E-state index in [2.05, 4.69) is 10.3 Å². The van der Waals surface area contributed by atoms with Crippen molar-refractivity contribution in [3.8, 4) is 23.0 Å². The lowest BCUT2D eigenvalue weighted by molar-refractivity contribution is 0.102. The normalized spacial score (nSPS) is 10.7. The van der Waals surface area contributed by atoms with Crippen LogP contribution in [0.3, 0.4) is 0 Å². The van der Waals surface area contributed by atoms with Crippen LogP contribution in [-0.4, -0.2) is 25.1 Å². The molecule has 4 rings (SSSR count). The van der Waals surface area contributed by atoms with E-state index >= 15 is 0 Å². The lowest BCUT2D eigenvalue weighted by atomic mass is 10.2. The molecule has 0 aliphatic heterocycles. The molecule has 1 heterocycles. The molecule has 0 radical (unpaired) electrons. The predicted octanol–water partition coefficient (Wildman–Crippen LogP) is 5.42. The Kier molecular flexibility index (Phi) is 5.10. The topological polar surface area (TPSA) is 73.6 Å². The molecule has 7 heteroatoms. The molecule has 3 aromatic carbocycles. The predicted molar refractivity (Wildman–Crippen MR) is 112 cm³/mol. The monoisotopic (exact) mass is 408 g/mol. The minimum atomic E-state index is -0.271. The van der Waals surface area contributed by atoms with E-state index in [1.54, 1.807) is 55.6 Å². The molecule has 4 aromatic rings. The Labute approximate surface area is 172 Å². The van der Waals surface area contributed by atoms with E-state index in [1.807, 2.05) is 12.1 Å². The van der Waals surface area contributed by atoms with Crippen molar-refractivity contribution in [1.82, 2.24) is 4.98 Å². The van der Waals surface area contributed by atoms with E-state index in [9.17, 15) is 4.79 Å². The fourth-order valence-corrected chi connectivity index (χ4v) is 3.22. The average Bonchev–Trinajstić information content (AvgIpc) is 3.17. The summed E-state index contributed by atoms with van der Waals surface area (Å²) in [6, 6.07) is 17.6. The van der Waals surface area contributed by atoms with Crippen molar-refractivity contribution in [3.63, 3.8) is 0 Å². The van der Waals surface area contributed by atoms with Crippen LogP contribution in [0, 0.1) is 0 Å². The Bertz CT molecular complexity index is 1200. The molecule has 0 atom stereocenters. The molecule has 0 bridgehead atoms. The van der Waals surface area contributed by atoms with Crippen LogP contribution in [0.4, 0.5) is 5.69 Å². The third-order valence-electron chi connectivity index (χ3n) is 4.40. The highest BCUT2D eigenvalue weighted by atomic mass is 35.5. The van der Waals surface area contributed by atoms with Gasteiger partial charge in [-0.1, -0.05) is 23.7 Å². The molecule has 0 fully saturated rings. The maximum absolute atomic E-state index is 12.6. The van der Waals surface area contributed by atoms with Crippen LogP contribution in [0.2, 0.25) is 5.02 Å². The molecular formula is C22H17ClN2O4. The molecule has 0 aliphatic carbocycles. The van der Waals surface area contributed by atoms with Gasteiger partial charge in [-0.05, 0) is 48.5 Å². The fourth-order valence-electron chi connectivity index (χ4n) is 2.96. The van der Waals surface area contributed by atoms with E-state index in [1.165, 1.54) is 7.11 Å². The van der Waals surface area contributed by atoms with Crippen molar-refractivity contribution in [3.05, 3.63) is 71.2 Å². The number of rotatable bonds is 5. The number of nitrogens with one attached hydrogen (secondary N) is 1. The van der Waals surface area contributed by atoms with Crippen molar-refractivity contribution < 1.29 is 18.7 Å². The van der Waals surface area contributed by atoms with Crippen LogP contribution in [0.1, 0.15) is 10.4 Å². The first-order valence-electron chi connectivity index (χ1n) is 8.78. The number of para-hydroxylation sites is 1. The smallest absolute Gasteiger partial charge is 0.259 e. The lowest BCUT2D eigenvalue weighted by Gasteiger charge is -2.08. The Balaban J connectivity index is 1.62. The molecular weight excluding hydrogens is 392 g/mol. The summed E-state index contributed by atoms with van der Waals surface area (Å²) in [6.07, 6.45) is 0. The number of hydrogen-bond acceptors (Lipinski definition) is 5. The Morgan fingerprint density at radius 3 is 2.55 bits per heavy atom. The van der Waals surface area contributed by atoms with E-state index < -0.39 is 0 Å². The van der Waals surface area contributed by atoms with Crippen LogP contribution < -0.4 is 14.8 Å². The van der Waals surface area contributed by atoms with E-state index in [-0.39, 0.29) is 5.91 Å². The van der Waals surface area contributed by atoms with Crippen molar-refractivity contribution in [1.29, 1.82) is 0 Å². The molecule has 1 aromatic heterocycles. The molecule has 0 saturated carbocycles. The Morgan fingerprint density at radius 2 is 1.79 bits per heavy atom. The second-order valence-corrected chi connectivity index (χ2v) is 6.61. The molecule has 0 saturated heterocycles. The molecule has 0 unspecified atom stereocenters. The first-order valence-corrected chi connectivity index (χ1v) is 9.15. The van der Waals surface area contributed by atoms with Crippen LogP contribution in [0.25, 0.3) is 22.6 Å². The van der Waals surface area contributed by atoms with Gasteiger partial charge in [-0.25, -0.2) is 4.98 Å². The molecule has 146 valence electrons. The van der Waals surface area contributed by atoms with Gasteiger partial charge in [-0.2, -0.15) is 0 Å². The van der Waals surface area contributed by atoms with Crippen LogP contribution >= 0.6 is 11.6 Å². The SMILES string of the molecule is COc1ccc(-c2nc3cc(NC(=O)c4ccccc4OC)ccc3o2)cc1Cl. The molecule has 1 amide bonds. The van der Waals surface area contributed by atoms with Crippen molar-refractivity contribution in [2.24, 2.45) is 0 Å². The molecule has 0 aliphatic rings. The molecule has 29 heavy (non-hydrogen) atoms. The average molecular weight is 409 g/mol. The molecule has 1 N–H and O–H groups in total. The largest absolute Gasteiger partial charge is 0.496 e. The summed E-state index contributed by atoms with van der Waals surface area (Å²) in [7, 11) is 3.09. The summed E-state index contributed by atoms with van der Waals surface area (Å²) in [5.74, 6) is 1.24. The van der Waals surface area contributed by atoms with Gasteiger partial charge in [0.05, 0.1) is 24.8 Å². The number of methoxy groups -OCH3 is 2. The highest BCUT2D eigenvalue weighted by Gasteiger charge is 2.14. The number of hydrogen-bond donors (Lipinski definition) is 1. The van der Waals surface area contributed by atoms with Crippen molar-refractivity contribution in [2.45, 2.75) is 0 Å². The number of ether oxygens (including phenoxy) is 2. The van der Waals surface area contributed by atoms with Gasteiger partial charge in [-0.3, -0.25) is 4.79 Å². The zero-order valence-electron chi connectivity index (χ0n) is 15.7. The number of carbonyl (C=O) groups is 1. The Morgan fingerprint density at radius 1 is 1.00 bits per heavy atom. The number of benzene rings is 3. The van der Waals surface area contributed by atoms with E-state index in [4.69, 9.17) is 25.5 Å². The maximum Gasteiger partial charge on any atom is 0.259 e. The van der Waals surface area contributed by atoms with Gasteiger partial charge < -0.3 is 19.2 Å². The second-order valence-electron chi connectivity index (χ2n) is 6.21. The van der Waals surface area contributed by atoms with Gasteiger partial charge >= 0.3 is 0 Å². The number of fused-ring (bicyclic) bond motifs is 1. The quantitative estimate of drug-likeness (QED) is 0.477. The summed E-state index contributed by atoms with van der Waals surface area (Å²) in [5, 5.41) is 3.33. The van der Waals surface area contributed by atoms with Crippen LogP contribution in [0.15, 0.2) is 65.1 Å². The van der Waals surface area contributed by atoms with Gasteiger partial charge in [0, 0.05) is 11.3 Å². The van der Waals surface area contributed by atoms with Gasteiger partial charge in [0.2, 0.25) is 5.89 Å². The minimum absolute atomic E-state index is 0.271. The standard InChI is InChI=1S/C22H17ClN2O4/c1-27-18-6-4-3-5-15(18)21(26)24-14-8-10-20-17(12-14)25-22(29-20)13-7-9-19(28-2)16(23)11-13/h3-12H,1-2H3,(H,24,26). The van der Waals surface area contributed by atoms with Crippen molar-refractivity contribution in [2.75, 3.05) is 19.5 Å². The summed E-state index contributed by atoms with van der Waals surface area (Å²) in [6.45, 7) is 0. The van der Waals surface area contributed by atoms with Crippen LogP contribution in [-0.2, 0) is 0 Å². The number of nitrogens with zero attached hydrogens (tertiary/aromatic N) is 1. The maximum atomic E-state index is 12.6. The summed E-state index contributed by atoms with van der Waals surface area (Å²) >= 11 is 6.19. The third kappa shape index (κ3) is 3.75. The number of aromatic nitrogens is 1. The molecule has 0 spiro atoms. The first-order chi connectivity index (χ1) is 14.1. The minimum Gasteiger partial charge on any atom is -0.496 e. The zero-order chi connectivity index (χ0) is 20.4. The van der Waals surface area contributed by atoms with Gasteiger partial charge in [0.15, 0.2) is 5.58 Å². The number of oxazole rings is 1. The second kappa shape index (κ2) is 7.85. The zero-order valence-corrected chi connectivity index (χ0v) is 16.5. The van der Waals surface area contributed by atoms with Gasteiger partial charge in [0.1, 0.15) is 17.0 Å². The summed E-state index contributed by atoms with van der Waals surface area (Å²) < 4.78 is 16.2. The lowest BCUT2D eigenvalue weighted by Crippen LogP contribution is -2.13. The number of anilines is 1. The highest BCUT2D eigenvalue weighted by molar-refractivity contribution is 6.32. The van der Waals surface area contributed by atoms with E-state index in [0.717, 1.165) is 5.56 Å². The van der Waals surface area contributed by atoms with Crippen molar-refractivity contribution >= 4 is 34.3 Å². The fraction of sp³-hybridized carbons (Fsp3) is 0.0909.